The molecule has 1 aromatic carbocycles. The van der Waals surface area contributed by atoms with Crippen molar-refractivity contribution in [1.82, 2.24) is 4.57 Å². The molecule has 6 nitrogen and oxygen atoms in total. The van der Waals surface area contributed by atoms with Gasteiger partial charge in [0.05, 0.1) is 12.1 Å². The number of aliphatic carboxylic acids is 1. The number of nitrogens with zero attached hydrogens (tertiary/aromatic N) is 1. The molecular formula is C17H13F3N2O4. The number of carbonyl (C=O) groups excluding carboxylic acids is 2. The zero-order valence-electron chi connectivity index (χ0n) is 13.5. The molecule has 1 amide bonds. The van der Waals surface area contributed by atoms with Gasteiger partial charge in [0.1, 0.15) is 11.9 Å². The monoisotopic (exact) mass is 366 g/mol. The molecule has 0 bridgehead atoms. The zero-order valence-corrected chi connectivity index (χ0v) is 13.5. The SMILES string of the molecule is Cc1c(C(=O)C(=O)O)c2n(c1C(=O)Nc1ccc(F)c(F)c1)CC(F)C2. The van der Waals surface area contributed by atoms with E-state index in [-0.39, 0.29) is 41.2 Å². The Morgan fingerprint density at radius 2 is 1.92 bits per heavy atom. The Morgan fingerprint density at radius 3 is 2.54 bits per heavy atom. The molecule has 0 saturated carbocycles. The molecule has 9 heteroatoms. The van der Waals surface area contributed by atoms with Crippen LogP contribution in [0.15, 0.2) is 18.2 Å². The molecule has 0 radical (unpaired) electrons. The van der Waals surface area contributed by atoms with Crippen molar-refractivity contribution in [2.75, 3.05) is 5.32 Å². The molecule has 2 heterocycles. The third-order valence-electron chi connectivity index (χ3n) is 4.22. The van der Waals surface area contributed by atoms with Crippen LogP contribution >= 0.6 is 0 Å². The van der Waals surface area contributed by atoms with Gasteiger partial charge in [0.15, 0.2) is 11.6 Å². The second kappa shape index (κ2) is 6.32. The second-order valence-corrected chi connectivity index (χ2v) is 5.92. The molecule has 2 aromatic rings. The van der Waals surface area contributed by atoms with E-state index < -0.39 is 35.5 Å². The molecule has 0 aliphatic carbocycles. The van der Waals surface area contributed by atoms with Gasteiger partial charge in [-0.1, -0.05) is 0 Å². The number of carboxylic acids is 1. The number of alkyl halides is 1. The van der Waals surface area contributed by atoms with Crippen LogP contribution in [-0.2, 0) is 17.8 Å². The number of hydrogen-bond acceptors (Lipinski definition) is 3. The van der Waals surface area contributed by atoms with E-state index in [0.29, 0.717) is 0 Å². The molecule has 0 fully saturated rings. The van der Waals surface area contributed by atoms with E-state index in [1.165, 1.54) is 11.5 Å². The Hall–Kier alpha value is -3.10. The summed E-state index contributed by atoms with van der Waals surface area (Å²) >= 11 is 0. The van der Waals surface area contributed by atoms with Gasteiger partial charge in [-0.25, -0.2) is 18.0 Å². The fraction of sp³-hybridized carbons (Fsp3) is 0.235. The lowest BCUT2D eigenvalue weighted by Gasteiger charge is -2.10. The Morgan fingerprint density at radius 1 is 1.23 bits per heavy atom. The van der Waals surface area contributed by atoms with E-state index in [1.54, 1.807) is 0 Å². The molecule has 1 aliphatic heterocycles. The lowest BCUT2D eigenvalue weighted by Crippen LogP contribution is -2.19. The number of carbonyl (C=O) groups is 3. The van der Waals surface area contributed by atoms with Crippen LogP contribution in [0.25, 0.3) is 0 Å². The van der Waals surface area contributed by atoms with Crippen molar-refractivity contribution in [2.45, 2.75) is 26.1 Å². The summed E-state index contributed by atoms with van der Waals surface area (Å²) in [5.41, 5.74) is -0.107. The van der Waals surface area contributed by atoms with Gasteiger partial charge in [-0.15, -0.1) is 0 Å². The van der Waals surface area contributed by atoms with Crippen LogP contribution in [0.1, 0.15) is 32.1 Å². The Kier molecular flexibility index (Phi) is 4.31. The number of anilines is 1. The summed E-state index contributed by atoms with van der Waals surface area (Å²) in [7, 11) is 0. The lowest BCUT2D eigenvalue weighted by atomic mass is 10.0. The van der Waals surface area contributed by atoms with Gasteiger partial charge < -0.3 is 15.0 Å². The van der Waals surface area contributed by atoms with Crippen molar-refractivity contribution in [3.8, 4) is 0 Å². The van der Waals surface area contributed by atoms with Gasteiger partial charge in [-0.05, 0) is 24.6 Å². The number of amides is 1. The van der Waals surface area contributed by atoms with Crippen molar-refractivity contribution in [3.05, 3.63) is 52.3 Å². The Labute approximate surface area is 145 Å². The number of aromatic nitrogens is 1. The number of Topliss-reactive ketones (excluding diaryl/α,β-unsaturated/α-hetero) is 1. The molecule has 0 saturated heterocycles. The Bertz CT molecular complexity index is 952. The molecule has 26 heavy (non-hydrogen) atoms. The van der Waals surface area contributed by atoms with Crippen LogP contribution in [-0.4, -0.2) is 33.5 Å². The van der Waals surface area contributed by atoms with Crippen molar-refractivity contribution in [2.24, 2.45) is 0 Å². The highest BCUT2D eigenvalue weighted by molar-refractivity contribution is 6.41. The van der Waals surface area contributed by atoms with E-state index >= 15 is 0 Å². The number of ketones is 1. The zero-order chi connectivity index (χ0) is 19.2. The predicted octanol–water partition coefficient (Wildman–Crippen LogP) is 2.49. The van der Waals surface area contributed by atoms with Crippen molar-refractivity contribution >= 4 is 23.3 Å². The van der Waals surface area contributed by atoms with E-state index in [2.05, 4.69) is 5.32 Å². The quantitative estimate of drug-likeness (QED) is 0.643. The maximum atomic E-state index is 13.8. The van der Waals surface area contributed by atoms with Gasteiger partial charge in [0, 0.05) is 23.9 Å². The van der Waals surface area contributed by atoms with Crippen LogP contribution in [0.4, 0.5) is 18.9 Å². The Balaban J connectivity index is 2.03. The first kappa shape index (κ1) is 17.7. The molecule has 3 rings (SSSR count). The van der Waals surface area contributed by atoms with Crippen LogP contribution in [0.3, 0.4) is 0 Å². The molecule has 1 unspecified atom stereocenters. The standard InChI is InChI=1S/C17H13F3N2O4/c1-7-13(15(23)17(25)26)12-4-8(18)6-22(12)14(7)16(24)21-9-2-3-10(19)11(20)5-9/h2-3,5,8H,4,6H2,1H3,(H,21,24)(H,25,26). The third-order valence-corrected chi connectivity index (χ3v) is 4.22. The maximum Gasteiger partial charge on any atom is 0.377 e. The molecule has 0 spiro atoms. The van der Waals surface area contributed by atoms with Gasteiger partial charge in [0.25, 0.3) is 11.7 Å². The first-order valence-electron chi connectivity index (χ1n) is 7.60. The summed E-state index contributed by atoms with van der Waals surface area (Å²) in [4.78, 5) is 35.6. The van der Waals surface area contributed by atoms with E-state index in [1.807, 2.05) is 0 Å². The second-order valence-electron chi connectivity index (χ2n) is 5.92. The smallest absolute Gasteiger partial charge is 0.377 e. The van der Waals surface area contributed by atoms with Crippen molar-refractivity contribution in [3.63, 3.8) is 0 Å². The number of fused-ring (bicyclic) bond motifs is 1. The summed E-state index contributed by atoms with van der Waals surface area (Å²) in [6.07, 6.45) is -1.55. The minimum Gasteiger partial charge on any atom is -0.475 e. The van der Waals surface area contributed by atoms with Crippen LogP contribution in [0.2, 0.25) is 0 Å². The van der Waals surface area contributed by atoms with Crippen LogP contribution < -0.4 is 5.32 Å². The summed E-state index contributed by atoms with van der Waals surface area (Å²) in [6.45, 7) is 1.18. The lowest BCUT2D eigenvalue weighted by molar-refractivity contribution is -0.131. The fourth-order valence-corrected chi connectivity index (χ4v) is 3.16. The first-order valence-corrected chi connectivity index (χ1v) is 7.60. The minimum atomic E-state index is -1.71. The largest absolute Gasteiger partial charge is 0.475 e. The van der Waals surface area contributed by atoms with E-state index in [9.17, 15) is 27.6 Å². The van der Waals surface area contributed by atoms with Crippen LogP contribution in [0, 0.1) is 18.6 Å². The molecule has 1 aliphatic rings. The highest BCUT2D eigenvalue weighted by Gasteiger charge is 2.36. The summed E-state index contributed by atoms with van der Waals surface area (Å²) in [5.74, 6) is -5.97. The third kappa shape index (κ3) is 2.85. The van der Waals surface area contributed by atoms with E-state index in [0.717, 1.165) is 18.2 Å². The molecule has 1 atom stereocenters. The molecule has 136 valence electrons. The summed E-state index contributed by atoms with van der Waals surface area (Å²) in [6, 6.07) is 2.75. The van der Waals surface area contributed by atoms with Gasteiger partial charge >= 0.3 is 5.97 Å². The van der Waals surface area contributed by atoms with Crippen molar-refractivity contribution in [1.29, 1.82) is 0 Å². The topological polar surface area (TPSA) is 88.4 Å². The summed E-state index contributed by atoms with van der Waals surface area (Å²) < 4.78 is 41.3. The number of nitrogens with one attached hydrogen (secondary N) is 1. The number of carboxylic acid groups (broad SMARTS) is 1. The highest BCUT2D eigenvalue weighted by Crippen LogP contribution is 2.31. The molecule has 1 aromatic heterocycles. The van der Waals surface area contributed by atoms with Gasteiger partial charge in [-0.3, -0.25) is 9.59 Å². The average Bonchev–Trinajstić information content (AvgIpc) is 3.03. The normalized spacial score (nSPS) is 15.6. The summed E-state index contributed by atoms with van der Waals surface area (Å²) in [5, 5.41) is 11.3. The average molecular weight is 366 g/mol. The molecule has 2 N–H and O–H groups in total. The number of rotatable bonds is 4. The molecular weight excluding hydrogens is 353 g/mol. The van der Waals surface area contributed by atoms with Gasteiger partial charge in [0.2, 0.25) is 0 Å². The minimum absolute atomic E-state index is 0.0373. The predicted molar refractivity (Wildman–Crippen MR) is 84.0 cm³/mol. The van der Waals surface area contributed by atoms with Crippen molar-refractivity contribution < 1.29 is 32.7 Å². The number of halogens is 3. The number of hydrogen-bond donors (Lipinski definition) is 2. The van der Waals surface area contributed by atoms with E-state index in [4.69, 9.17) is 5.11 Å². The highest BCUT2D eigenvalue weighted by atomic mass is 19.2. The first-order chi connectivity index (χ1) is 12.2. The van der Waals surface area contributed by atoms with Crippen LogP contribution in [0.5, 0.6) is 0 Å². The van der Waals surface area contributed by atoms with Gasteiger partial charge in [-0.2, -0.15) is 0 Å². The number of benzene rings is 1. The maximum absolute atomic E-state index is 13.8. The fourth-order valence-electron chi connectivity index (χ4n) is 3.16.